The smallest absolute Gasteiger partial charge is 0.241 e. The molecule has 29 heavy (non-hydrogen) atoms. The van der Waals surface area contributed by atoms with E-state index in [1.807, 2.05) is 19.9 Å². The zero-order chi connectivity index (χ0) is 21.1. The lowest BCUT2D eigenvalue weighted by atomic mass is 9.69. The van der Waals surface area contributed by atoms with Crippen molar-refractivity contribution in [1.29, 1.82) is 0 Å². The topological polar surface area (TPSA) is 84.0 Å². The van der Waals surface area contributed by atoms with Crippen molar-refractivity contribution in [2.45, 2.75) is 51.4 Å². The summed E-state index contributed by atoms with van der Waals surface area (Å²) < 4.78 is 10.9. The van der Waals surface area contributed by atoms with Crippen molar-refractivity contribution in [3.05, 3.63) is 23.8 Å². The van der Waals surface area contributed by atoms with Crippen molar-refractivity contribution in [1.82, 2.24) is 16.0 Å². The number of carbonyl (C=O) groups excluding carboxylic acids is 1. The van der Waals surface area contributed by atoms with Crippen LogP contribution in [0, 0.1) is 0 Å². The van der Waals surface area contributed by atoms with Gasteiger partial charge in [-0.25, -0.2) is 4.99 Å². The largest absolute Gasteiger partial charge is 0.493 e. The summed E-state index contributed by atoms with van der Waals surface area (Å²) in [5, 5.41) is 9.50. The Hall–Kier alpha value is -2.44. The van der Waals surface area contributed by atoms with Gasteiger partial charge in [0, 0.05) is 25.0 Å². The Morgan fingerprint density at radius 2 is 1.69 bits per heavy atom. The number of guanidine groups is 1. The summed E-state index contributed by atoms with van der Waals surface area (Å²) in [5.41, 5.74) is 1.25. The summed E-state index contributed by atoms with van der Waals surface area (Å²) >= 11 is 0. The van der Waals surface area contributed by atoms with Gasteiger partial charge >= 0.3 is 0 Å². The van der Waals surface area contributed by atoms with Crippen molar-refractivity contribution < 1.29 is 14.3 Å². The molecule has 0 saturated heterocycles. The van der Waals surface area contributed by atoms with Crippen molar-refractivity contribution in [2.24, 2.45) is 4.99 Å². The molecule has 0 radical (unpaired) electrons. The lowest BCUT2D eigenvalue weighted by Gasteiger charge is -2.38. The average molecular weight is 405 g/mol. The van der Waals surface area contributed by atoms with E-state index in [0.29, 0.717) is 12.5 Å². The molecule has 1 aliphatic carbocycles. The maximum Gasteiger partial charge on any atom is 0.241 e. The van der Waals surface area contributed by atoms with Gasteiger partial charge < -0.3 is 25.4 Å². The number of ether oxygens (including phenoxy) is 2. The maximum absolute atomic E-state index is 11.8. The van der Waals surface area contributed by atoms with Gasteiger partial charge in [-0.2, -0.15) is 0 Å². The first kappa shape index (κ1) is 22.8. The fraction of sp³-hybridized carbons (Fsp3) is 0.636. The van der Waals surface area contributed by atoms with Crippen LogP contribution in [0.5, 0.6) is 11.5 Å². The fourth-order valence-electron chi connectivity index (χ4n) is 3.96. The number of methoxy groups -OCH3 is 2. The second-order valence-electron chi connectivity index (χ2n) is 7.41. The van der Waals surface area contributed by atoms with E-state index in [1.54, 1.807) is 14.2 Å². The van der Waals surface area contributed by atoms with Crippen molar-refractivity contribution in [3.63, 3.8) is 0 Å². The number of rotatable bonds is 9. The number of carbonyl (C=O) groups is 1. The van der Waals surface area contributed by atoms with Gasteiger partial charge in [0.05, 0.1) is 14.2 Å². The molecule has 0 bridgehead atoms. The lowest BCUT2D eigenvalue weighted by Crippen LogP contribution is -2.47. The van der Waals surface area contributed by atoms with E-state index in [1.165, 1.54) is 24.8 Å². The molecule has 3 N–H and O–H groups in total. The highest BCUT2D eigenvalue weighted by atomic mass is 16.5. The van der Waals surface area contributed by atoms with E-state index in [9.17, 15) is 4.79 Å². The summed E-state index contributed by atoms with van der Waals surface area (Å²) in [6, 6.07) is 6.23. The molecule has 2 rings (SSSR count). The summed E-state index contributed by atoms with van der Waals surface area (Å²) in [6.07, 6.45) is 5.86. The lowest BCUT2D eigenvalue weighted by molar-refractivity contribution is -0.119. The van der Waals surface area contributed by atoms with E-state index in [-0.39, 0.29) is 17.9 Å². The molecule has 1 aliphatic rings. The molecule has 0 aliphatic heterocycles. The Balaban J connectivity index is 2.21. The van der Waals surface area contributed by atoms with Gasteiger partial charge in [0.15, 0.2) is 17.5 Å². The molecule has 0 unspecified atom stereocenters. The van der Waals surface area contributed by atoms with Gasteiger partial charge in [-0.15, -0.1) is 0 Å². The Kier molecular flexibility index (Phi) is 9.09. The summed E-state index contributed by atoms with van der Waals surface area (Å²) in [4.78, 5) is 16.2. The Morgan fingerprint density at radius 3 is 2.31 bits per heavy atom. The van der Waals surface area contributed by atoms with Crippen LogP contribution >= 0.6 is 0 Å². The highest BCUT2D eigenvalue weighted by Crippen LogP contribution is 2.42. The predicted octanol–water partition coefficient (Wildman–Crippen LogP) is 2.60. The quantitative estimate of drug-likeness (QED) is 0.435. The van der Waals surface area contributed by atoms with Crippen LogP contribution in [0.1, 0.15) is 51.5 Å². The summed E-state index contributed by atoms with van der Waals surface area (Å²) in [6.45, 7) is 6.15. The molecule has 1 fully saturated rings. The second-order valence-corrected chi connectivity index (χ2v) is 7.41. The van der Waals surface area contributed by atoms with Crippen LogP contribution < -0.4 is 25.4 Å². The fourth-order valence-corrected chi connectivity index (χ4v) is 3.96. The van der Waals surface area contributed by atoms with E-state index in [4.69, 9.17) is 9.47 Å². The van der Waals surface area contributed by atoms with E-state index < -0.39 is 0 Å². The minimum atomic E-state index is -0.0722. The molecular formula is C22H36N4O3. The number of amides is 1. The summed E-state index contributed by atoms with van der Waals surface area (Å²) in [7, 11) is 3.33. The van der Waals surface area contributed by atoms with Crippen LogP contribution in [0.25, 0.3) is 0 Å². The minimum absolute atomic E-state index is 0.000327. The van der Waals surface area contributed by atoms with Gasteiger partial charge in [0.1, 0.15) is 6.54 Å². The normalized spacial score (nSPS) is 16.1. The highest BCUT2D eigenvalue weighted by Gasteiger charge is 2.34. The first-order valence-electron chi connectivity index (χ1n) is 10.6. The second kappa shape index (κ2) is 11.5. The monoisotopic (exact) mass is 404 g/mol. The first-order valence-corrected chi connectivity index (χ1v) is 10.6. The predicted molar refractivity (Wildman–Crippen MR) is 117 cm³/mol. The SMILES string of the molecule is CCNC(=O)CN=C(NCC)NCC1(c2ccc(OC)c(OC)c2)CCCCC1. The molecule has 0 atom stereocenters. The number of likely N-dealkylation sites (N-methyl/N-ethyl adjacent to an activating group) is 1. The molecular weight excluding hydrogens is 368 g/mol. The number of nitrogens with zero attached hydrogens (tertiary/aromatic N) is 1. The van der Waals surface area contributed by atoms with Gasteiger partial charge in [0.25, 0.3) is 0 Å². The van der Waals surface area contributed by atoms with Crippen molar-refractivity contribution in [2.75, 3.05) is 40.4 Å². The Bertz CT molecular complexity index is 685. The van der Waals surface area contributed by atoms with Gasteiger partial charge in [0.2, 0.25) is 5.91 Å². The average Bonchev–Trinajstić information content (AvgIpc) is 2.76. The zero-order valence-electron chi connectivity index (χ0n) is 18.3. The van der Waals surface area contributed by atoms with Gasteiger partial charge in [-0.1, -0.05) is 25.3 Å². The van der Waals surface area contributed by atoms with Crippen molar-refractivity contribution in [3.8, 4) is 11.5 Å². The van der Waals surface area contributed by atoms with Crippen LogP contribution in [0.15, 0.2) is 23.2 Å². The summed E-state index contributed by atoms with van der Waals surface area (Å²) in [5.74, 6) is 2.10. The van der Waals surface area contributed by atoms with Crippen LogP contribution in [0.2, 0.25) is 0 Å². The van der Waals surface area contributed by atoms with E-state index in [2.05, 4.69) is 33.1 Å². The number of hydrogen-bond donors (Lipinski definition) is 3. The molecule has 0 aromatic heterocycles. The molecule has 1 aromatic rings. The van der Waals surface area contributed by atoms with E-state index in [0.717, 1.165) is 37.4 Å². The molecule has 162 valence electrons. The molecule has 0 heterocycles. The molecule has 7 heteroatoms. The Morgan fingerprint density at radius 1 is 1.00 bits per heavy atom. The Labute approximate surface area is 174 Å². The third kappa shape index (κ3) is 6.27. The number of hydrogen-bond acceptors (Lipinski definition) is 4. The molecule has 1 amide bonds. The number of nitrogens with one attached hydrogen (secondary N) is 3. The zero-order valence-corrected chi connectivity index (χ0v) is 18.3. The van der Waals surface area contributed by atoms with Crippen molar-refractivity contribution >= 4 is 11.9 Å². The third-order valence-corrected chi connectivity index (χ3v) is 5.50. The van der Waals surface area contributed by atoms with Crippen LogP contribution in [0.3, 0.4) is 0 Å². The molecule has 7 nitrogen and oxygen atoms in total. The first-order chi connectivity index (χ1) is 14.1. The molecule has 1 aromatic carbocycles. The molecule has 0 spiro atoms. The number of benzene rings is 1. The third-order valence-electron chi connectivity index (χ3n) is 5.50. The van der Waals surface area contributed by atoms with E-state index >= 15 is 0 Å². The van der Waals surface area contributed by atoms with Crippen LogP contribution in [-0.2, 0) is 10.2 Å². The van der Waals surface area contributed by atoms with Gasteiger partial charge in [-0.05, 0) is 44.4 Å². The molecule has 1 saturated carbocycles. The standard InChI is InChI=1S/C22H36N4O3/c1-5-23-20(27)15-25-21(24-6-2)26-16-22(12-8-7-9-13-22)17-10-11-18(28-3)19(14-17)29-4/h10-11,14H,5-9,12-13,15-16H2,1-4H3,(H,23,27)(H2,24,25,26). The minimum Gasteiger partial charge on any atom is -0.493 e. The van der Waals surface area contributed by atoms with Gasteiger partial charge in [-0.3, -0.25) is 4.79 Å². The maximum atomic E-state index is 11.8. The highest BCUT2D eigenvalue weighted by molar-refractivity contribution is 5.84. The van der Waals surface area contributed by atoms with Crippen LogP contribution in [0.4, 0.5) is 0 Å². The number of aliphatic imine (C=N–C) groups is 1. The van der Waals surface area contributed by atoms with Crippen LogP contribution in [-0.4, -0.2) is 52.3 Å².